The minimum atomic E-state index is -0.544. The second-order valence-corrected chi connectivity index (χ2v) is 8.87. The predicted octanol–water partition coefficient (Wildman–Crippen LogP) is 5.45. The lowest BCUT2D eigenvalue weighted by Crippen LogP contribution is -2.41. The van der Waals surface area contributed by atoms with Gasteiger partial charge in [0.15, 0.2) is 0 Å². The van der Waals surface area contributed by atoms with Crippen molar-refractivity contribution in [3.05, 3.63) is 52.0 Å². The Labute approximate surface area is 192 Å². The van der Waals surface area contributed by atoms with Crippen molar-refractivity contribution in [3.8, 4) is 5.75 Å². The van der Waals surface area contributed by atoms with Crippen molar-refractivity contribution in [2.24, 2.45) is 5.92 Å². The molecule has 31 heavy (non-hydrogen) atoms. The fourth-order valence-electron chi connectivity index (χ4n) is 3.59. The van der Waals surface area contributed by atoms with E-state index in [9.17, 15) is 14.7 Å². The lowest BCUT2D eigenvalue weighted by atomic mass is 10.0. The van der Waals surface area contributed by atoms with Gasteiger partial charge in [0.2, 0.25) is 5.91 Å². The molecule has 0 radical (unpaired) electrons. The maximum Gasteiger partial charge on any atom is 0.255 e. The standard InChI is InChI=1S/C23H27Cl2N3O3/c1-13(14(2)26-23(31)18-11-15(24)7-10-21(18)29)22(30)28-20-9-8-17(12-19(20)25)27-16-5-3-4-6-16/h7-14,16,27,29H,3-6H2,1-2H3,(H,26,31)(H,28,30)/t13-,14-/m0/s1. The van der Waals surface area contributed by atoms with E-state index in [0.717, 1.165) is 18.5 Å². The zero-order chi connectivity index (χ0) is 22.5. The predicted molar refractivity (Wildman–Crippen MR) is 125 cm³/mol. The highest BCUT2D eigenvalue weighted by Gasteiger charge is 2.24. The van der Waals surface area contributed by atoms with Crippen LogP contribution in [0.2, 0.25) is 10.0 Å². The molecular formula is C23H27Cl2N3O3. The van der Waals surface area contributed by atoms with E-state index >= 15 is 0 Å². The molecule has 1 fully saturated rings. The molecule has 2 amide bonds. The number of anilines is 2. The van der Waals surface area contributed by atoms with Gasteiger partial charge in [0, 0.05) is 22.8 Å². The van der Waals surface area contributed by atoms with E-state index in [4.69, 9.17) is 23.2 Å². The van der Waals surface area contributed by atoms with E-state index in [-0.39, 0.29) is 17.2 Å². The molecule has 4 N–H and O–H groups in total. The van der Waals surface area contributed by atoms with Crippen molar-refractivity contribution in [1.29, 1.82) is 0 Å². The number of halogens is 2. The number of carbonyl (C=O) groups excluding carboxylic acids is 2. The maximum atomic E-state index is 12.7. The molecule has 1 aliphatic rings. The molecule has 0 aromatic heterocycles. The third-order valence-corrected chi connectivity index (χ3v) is 6.23. The molecule has 0 unspecified atom stereocenters. The number of aromatic hydroxyl groups is 1. The van der Waals surface area contributed by atoms with Crippen molar-refractivity contribution in [2.75, 3.05) is 10.6 Å². The normalized spacial score (nSPS) is 15.9. The first-order valence-corrected chi connectivity index (χ1v) is 11.2. The van der Waals surface area contributed by atoms with Crippen LogP contribution in [0.25, 0.3) is 0 Å². The molecule has 1 aliphatic carbocycles. The summed E-state index contributed by atoms with van der Waals surface area (Å²) in [6.07, 6.45) is 4.79. The molecule has 3 rings (SSSR count). The van der Waals surface area contributed by atoms with Crippen LogP contribution in [0.1, 0.15) is 49.9 Å². The molecule has 2 aromatic carbocycles. The van der Waals surface area contributed by atoms with Gasteiger partial charge in [-0.15, -0.1) is 0 Å². The Bertz CT molecular complexity index is 961. The first-order chi connectivity index (χ1) is 14.7. The zero-order valence-corrected chi connectivity index (χ0v) is 19.1. The molecule has 0 spiro atoms. The molecule has 0 aliphatic heterocycles. The van der Waals surface area contributed by atoms with Crippen molar-refractivity contribution in [2.45, 2.75) is 51.6 Å². The van der Waals surface area contributed by atoms with Crippen molar-refractivity contribution >= 4 is 46.4 Å². The first kappa shape index (κ1) is 23.2. The van der Waals surface area contributed by atoms with Gasteiger partial charge >= 0.3 is 0 Å². The highest BCUT2D eigenvalue weighted by atomic mass is 35.5. The van der Waals surface area contributed by atoms with Gasteiger partial charge in [-0.25, -0.2) is 0 Å². The Morgan fingerprint density at radius 2 is 1.77 bits per heavy atom. The van der Waals surface area contributed by atoms with Gasteiger partial charge in [-0.3, -0.25) is 9.59 Å². The first-order valence-electron chi connectivity index (χ1n) is 10.4. The molecule has 2 atom stereocenters. The number of carbonyl (C=O) groups is 2. The van der Waals surface area contributed by atoms with Crippen LogP contribution in [0.3, 0.4) is 0 Å². The van der Waals surface area contributed by atoms with Crippen LogP contribution in [0.15, 0.2) is 36.4 Å². The number of amides is 2. The van der Waals surface area contributed by atoms with Crippen LogP contribution in [0.4, 0.5) is 11.4 Å². The number of hydrogen-bond acceptors (Lipinski definition) is 4. The number of phenolic OH excluding ortho intramolecular Hbond substituents is 1. The summed E-state index contributed by atoms with van der Waals surface area (Å²) in [5.41, 5.74) is 1.51. The van der Waals surface area contributed by atoms with Crippen LogP contribution in [-0.2, 0) is 4.79 Å². The summed E-state index contributed by atoms with van der Waals surface area (Å²) >= 11 is 12.3. The summed E-state index contributed by atoms with van der Waals surface area (Å²) in [6, 6.07) is 9.69. The molecule has 2 aromatic rings. The van der Waals surface area contributed by atoms with Gasteiger partial charge in [-0.2, -0.15) is 0 Å². The molecule has 1 saturated carbocycles. The van der Waals surface area contributed by atoms with E-state index in [1.165, 1.54) is 31.0 Å². The second kappa shape index (κ2) is 10.2. The summed E-state index contributed by atoms with van der Waals surface area (Å²) in [5, 5.41) is 19.7. The fourth-order valence-corrected chi connectivity index (χ4v) is 3.99. The van der Waals surface area contributed by atoms with Crippen molar-refractivity contribution in [3.63, 3.8) is 0 Å². The SMILES string of the molecule is C[C@H](NC(=O)c1cc(Cl)ccc1O)[C@H](C)C(=O)Nc1ccc(NC2CCCC2)cc1Cl. The molecule has 166 valence electrons. The van der Waals surface area contributed by atoms with Gasteiger partial charge in [0.25, 0.3) is 5.91 Å². The van der Waals surface area contributed by atoms with Gasteiger partial charge in [-0.05, 0) is 56.2 Å². The summed E-state index contributed by atoms with van der Waals surface area (Å²) < 4.78 is 0. The Balaban J connectivity index is 1.59. The number of nitrogens with one attached hydrogen (secondary N) is 3. The van der Waals surface area contributed by atoms with Crippen LogP contribution >= 0.6 is 23.2 Å². The monoisotopic (exact) mass is 463 g/mol. The second-order valence-electron chi connectivity index (χ2n) is 8.02. The molecular weight excluding hydrogens is 437 g/mol. The van der Waals surface area contributed by atoms with Crippen LogP contribution in [0.5, 0.6) is 5.75 Å². The Morgan fingerprint density at radius 1 is 1.06 bits per heavy atom. The smallest absolute Gasteiger partial charge is 0.255 e. The molecule has 0 saturated heterocycles. The van der Waals surface area contributed by atoms with Crippen LogP contribution < -0.4 is 16.0 Å². The Morgan fingerprint density at radius 3 is 2.45 bits per heavy atom. The highest BCUT2D eigenvalue weighted by molar-refractivity contribution is 6.34. The number of rotatable bonds is 7. The average molecular weight is 464 g/mol. The van der Waals surface area contributed by atoms with Gasteiger partial charge < -0.3 is 21.1 Å². The average Bonchev–Trinajstić information content (AvgIpc) is 3.24. The highest BCUT2D eigenvalue weighted by Crippen LogP contribution is 2.29. The van der Waals surface area contributed by atoms with Crippen molar-refractivity contribution < 1.29 is 14.7 Å². The lowest BCUT2D eigenvalue weighted by Gasteiger charge is -2.22. The van der Waals surface area contributed by atoms with Crippen molar-refractivity contribution in [1.82, 2.24) is 5.32 Å². The maximum absolute atomic E-state index is 12.7. The largest absolute Gasteiger partial charge is 0.507 e. The van der Waals surface area contributed by atoms with E-state index in [2.05, 4.69) is 16.0 Å². The Hall–Kier alpha value is -2.44. The molecule has 6 nitrogen and oxygen atoms in total. The fraction of sp³-hybridized carbons (Fsp3) is 0.391. The quantitative estimate of drug-likeness (QED) is 0.439. The van der Waals surface area contributed by atoms with Gasteiger partial charge in [0.05, 0.1) is 22.2 Å². The van der Waals surface area contributed by atoms with E-state index < -0.39 is 17.9 Å². The summed E-state index contributed by atoms with van der Waals surface area (Å²) in [7, 11) is 0. The van der Waals surface area contributed by atoms with E-state index in [1.54, 1.807) is 19.9 Å². The number of phenols is 1. The van der Waals surface area contributed by atoms with Gasteiger partial charge in [-0.1, -0.05) is 43.0 Å². The number of hydrogen-bond donors (Lipinski definition) is 4. The molecule has 0 bridgehead atoms. The summed E-state index contributed by atoms with van der Waals surface area (Å²) in [6.45, 7) is 3.43. The van der Waals surface area contributed by atoms with E-state index in [0.29, 0.717) is 21.8 Å². The minimum absolute atomic E-state index is 0.0559. The van der Waals surface area contributed by atoms with Crippen LogP contribution in [0, 0.1) is 5.92 Å². The summed E-state index contributed by atoms with van der Waals surface area (Å²) in [4.78, 5) is 25.2. The minimum Gasteiger partial charge on any atom is -0.507 e. The third-order valence-electron chi connectivity index (χ3n) is 5.68. The molecule has 0 heterocycles. The van der Waals surface area contributed by atoms with E-state index in [1.807, 2.05) is 12.1 Å². The summed E-state index contributed by atoms with van der Waals surface area (Å²) in [5.74, 6) is -1.50. The topological polar surface area (TPSA) is 90.5 Å². The lowest BCUT2D eigenvalue weighted by molar-refractivity contribution is -0.120. The number of benzene rings is 2. The zero-order valence-electron chi connectivity index (χ0n) is 17.5. The van der Waals surface area contributed by atoms with Gasteiger partial charge in [0.1, 0.15) is 5.75 Å². The molecule has 8 heteroatoms. The van der Waals surface area contributed by atoms with Crippen LogP contribution in [-0.4, -0.2) is 29.0 Å². The third kappa shape index (κ3) is 6.05. The Kier molecular flexibility index (Phi) is 7.68.